The molecule has 0 aromatic heterocycles. The van der Waals surface area contributed by atoms with Crippen LogP contribution in [-0.2, 0) is 6.18 Å². The zero-order chi connectivity index (χ0) is 20.3. The van der Waals surface area contributed by atoms with Gasteiger partial charge in [0.25, 0.3) is 0 Å². The van der Waals surface area contributed by atoms with Gasteiger partial charge in [-0.3, -0.25) is 4.90 Å². The first-order valence-corrected chi connectivity index (χ1v) is 11.4. The van der Waals surface area contributed by atoms with E-state index in [4.69, 9.17) is 0 Å². The maximum absolute atomic E-state index is 13.0. The summed E-state index contributed by atoms with van der Waals surface area (Å²) in [4.78, 5) is 7.30. The molecule has 1 aromatic rings. The van der Waals surface area contributed by atoms with Gasteiger partial charge in [0.15, 0.2) is 0 Å². The Morgan fingerprint density at radius 2 is 1.55 bits per heavy atom. The summed E-state index contributed by atoms with van der Waals surface area (Å²) in [6.45, 7) is 7.26. The van der Waals surface area contributed by atoms with Crippen molar-refractivity contribution < 1.29 is 13.2 Å². The molecule has 162 valence electrons. The standard InChI is InChI=1S/C23H34F3N3/c24-23(25,26)20-4-3-5-22(18-20)29-16-14-27(15-17-29)13-10-19-6-8-21(9-7-19)28-11-1-2-12-28/h3-5,18-19,21H,1-2,6-17H2. The molecular weight excluding hydrogens is 375 g/mol. The third kappa shape index (κ3) is 5.46. The van der Waals surface area contributed by atoms with E-state index in [1.807, 2.05) is 0 Å². The minimum Gasteiger partial charge on any atom is -0.369 e. The average molecular weight is 410 g/mol. The van der Waals surface area contributed by atoms with Crippen molar-refractivity contribution in [3.05, 3.63) is 29.8 Å². The first-order chi connectivity index (χ1) is 14.0. The highest BCUT2D eigenvalue weighted by Gasteiger charge is 2.31. The summed E-state index contributed by atoms with van der Waals surface area (Å²) in [5.74, 6) is 0.857. The molecule has 2 aliphatic heterocycles. The smallest absolute Gasteiger partial charge is 0.369 e. The Labute approximate surface area is 172 Å². The van der Waals surface area contributed by atoms with Crippen LogP contribution in [0.25, 0.3) is 0 Å². The largest absolute Gasteiger partial charge is 0.416 e. The number of alkyl halides is 3. The molecule has 29 heavy (non-hydrogen) atoms. The predicted molar refractivity (Wildman–Crippen MR) is 111 cm³/mol. The Morgan fingerprint density at radius 1 is 0.862 bits per heavy atom. The quantitative estimate of drug-likeness (QED) is 0.687. The second-order valence-electron chi connectivity index (χ2n) is 9.08. The maximum atomic E-state index is 13.0. The summed E-state index contributed by atoms with van der Waals surface area (Å²) >= 11 is 0. The number of anilines is 1. The lowest BCUT2D eigenvalue weighted by molar-refractivity contribution is -0.137. The second-order valence-corrected chi connectivity index (χ2v) is 9.08. The summed E-state index contributed by atoms with van der Waals surface area (Å²) in [5.41, 5.74) is 0.140. The van der Waals surface area contributed by atoms with Gasteiger partial charge in [-0.2, -0.15) is 13.2 Å². The van der Waals surface area contributed by atoms with Gasteiger partial charge in [-0.05, 0) is 88.7 Å². The molecule has 2 saturated heterocycles. The number of benzene rings is 1. The number of likely N-dealkylation sites (tertiary alicyclic amines) is 1. The molecule has 1 saturated carbocycles. The zero-order valence-corrected chi connectivity index (χ0v) is 17.3. The van der Waals surface area contributed by atoms with Gasteiger partial charge in [0.05, 0.1) is 5.56 Å². The molecule has 1 aromatic carbocycles. The normalized spacial score (nSPS) is 27.5. The van der Waals surface area contributed by atoms with Crippen molar-refractivity contribution in [2.24, 2.45) is 5.92 Å². The zero-order valence-electron chi connectivity index (χ0n) is 17.3. The Hall–Kier alpha value is -1.27. The van der Waals surface area contributed by atoms with Gasteiger partial charge in [-0.1, -0.05) is 6.07 Å². The van der Waals surface area contributed by atoms with E-state index in [1.165, 1.54) is 70.2 Å². The van der Waals surface area contributed by atoms with E-state index in [0.29, 0.717) is 5.69 Å². The molecule has 1 aliphatic carbocycles. The Balaban J connectivity index is 1.18. The minimum atomic E-state index is -4.27. The first kappa shape index (κ1) is 21.0. The highest BCUT2D eigenvalue weighted by atomic mass is 19.4. The topological polar surface area (TPSA) is 9.72 Å². The van der Waals surface area contributed by atoms with E-state index >= 15 is 0 Å². The van der Waals surface area contributed by atoms with Gasteiger partial charge in [-0.25, -0.2) is 0 Å². The molecule has 0 bridgehead atoms. The van der Waals surface area contributed by atoms with Crippen LogP contribution in [0.2, 0.25) is 0 Å². The van der Waals surface area contributed by atoms with E-state index in [1.54, 1.807) is 6.07 Å². The third-order valence-corrected chi connectivity index (χ3v) is 7.24. The van der Waals surface area contributed by atoms with Crippen molar-refractivity contribution in [3.63, 3.8) is 0 Å². The molecule has 3 nitrogen and oxygen atoms in total. The molecule has 0 spiro atoms. The molecule has 0 unspecified atom stereocenters. The van der Waals surface area contributed by atoms with Crippen LogP contribution >= 0.6 is 0 Å². The maximum Gasteiger partial charge on any atom is 0.416 e. The Kier molecular flexibility index (Phi) is 6.69. The van der Waals surface area contributed by atoms with Crippen molar-refractivity contribution >= 4 is 5.69 Å². The number of piperazine rings is 1. The molecule has 3 aliphatic rings. The summed E-state index contributed by atoms with van der Waals surface area (Å²) < 4.78 is 38.9. The summed E-state index contributed by atoms with van der Waals surface area (Å²) in [7, 11) is 0. The van der Waals surface area contributed by atoms with Crippen LogP contribution in [0.5, 0.6) is 0 Å². The van der Waals surface area contributed by atoms with Gasteiger partial charge < -0.3 is 9.80 Å². The van der Waals surface area contributed by atoms with Crippen molar-refractivity contribution in [3.8, 4) is 0 Å². The number of nitrogens with zero attached hydrogens (tertiary/aromatic N) is 3. The van der Waals surface area contributed by atoms with Crippen LogP contribution in [0.15, 0.2) is 24.3 Å². The highest BCUT2D eigenvalue weighted by molar-refractivity contribution is 5.49. The molecule has 2 heterocycles. The predicted octanol–water partition coefficient (Wildman–Crippen LogP) is 4.87. The van der Waals surface area contributed by atoms with Crippen LogP contribution < -0.4 is 4.90 Å². The lowest BCUT2D eigenvalue weighted by Crippen LogP contribution is -2.47. The molecule has 0 atom stereocenters. The van der Waals surface area contributed by atoms with Crippen LogP contribution in [0, 0.1) is 5.92 Å². The average Bonchev–Trinajstić information content (AvgIpc) is 3.27. The van der Waals surface area contributed by atoms with Crippen molar-refractivity contribution in [1.82, 2.24) is 9.80 Å². The Bertz CT molecular complexity index is 641. The van der Waals surface area contributed by atoms with E-state index in [2.05, 4.69) is 14.7 Å². The second kappa shape index (κ2) is 9.25. The molecule has 0 radical (unpaired) electrons. The van der Waals surface area contributed by atoms with Crippen LogP contribution in [0.4, 0.5) is 18.9 Å². The van der Waals surface area contributed by atoms with Gasteiger partial charge in [0.1, 0.15) is 0 Å². The lowest BCUT2D eigenvalue weighted by atomic mass is 9.83. The van der Waals surface area contributed by atoms with Crippen molar-refractivity contribution in [2.45, 2.75) is 57.2 Å². The van der Waals surface area contributed by atoms with Crippen LogP contribution in [0.3, 0.4) is 0 Å². The number of halogens is 3. The van der Waals surface area contributed by atoms with Crippen LogP contribution in [-0.4, -0.2) is 61.7 Å². The Morgan fingerprint density at radius 3 is 2.21 bits per heavy atom. The molecular formula is C23H34F3N3. The fourth-order valence-electron chi connectivity index (χ4n) is 5.38. The fourth-order valence-corrected chi connectivity index (χ4v) is 5.38. The molecule has 0 amide bonds. The first-order valence-electron chi connectivity index (χ1n) is 11.4. The van der Waals surface area contributed by atoms with Gasteiger partial charge >= 0.3 is 6.18 Å². The van der Waals surface area contributed by atoms with Crippen molar-refractivity contribution in [1.29, 1.82) is 0 Å². The van der Waals surface area contributed by atoms with Crippen LogP contribution in [0.1, 0.15) is 50.5 Å². The minimum absolute atomic E-state index is 0.554. The lowest BCUT2D eigenvalue weighted by Gasteiger charge is -2.38. The summed E-state index contributed by atoms with van der Waals surface area (Å²) in [6, 6.07) is 6.59. The molecule has 6 heteroatoms. The monoisotopic (exact) mass is 409 g/mol. The van der Waals surface area contributed by atoms with Gasteiger partial charge in [0, 0.05) is 37.9 Å². The molecule has 3 fully saturated rings. The van der Waals surface area contributed by atoms with E-state index in [0.717, 1.165) is 50.7 Å². The summed E-state index contributed by atoms with van der Waals surface area (Å²) in [6.07, 6.45) is 5.24. The fraction of sp³-hybridized carbons (Fsp3) is 0.739. The van der Waals surface area contributed by atoms with Gasteiger partial charge in [0.2, 0.25) is 0 Å². The van der Waals surface area contributed by atoms with Gasteiger partial charge in [-0.15, -0.1) is 0 Å². The number of hydrogen-bond donors (Lipinski definition) is 0. The highest BCUT2D eigenvalue weighted by Crippen LogP contribution is 2.33. The van der Waals surface area contributed by atoms with E-state index < -0.39 is 11.7 Å². The third-order valence-electron chi connectivity index (χ3n) is 7.24. The molecule has 4 rings (SSSR count). The van der Waals surface area contributed by atoms with E-state index in [-0.39, 0.29) is 0 Å². The number of hydrogen-bond acceptors (Lipinski definition) is 3. The number of rotatable bonds is 5. The van der Waals surface area contributed by atoms with Crippen molar-refractivity contribution in [2.75, 3.05) is 50.7 Å². The van der Waals surface area contributed by atoms with E-state index in [9.17, 15) is 13.2 Å². The summed E-state index contributed by atoms with van der Waals surface area (Å²) in [5, 5.41) is 0. The molecule has 0 N–H and O–H groups in total. The SMILES string of the molecule is FC(F)(F)c1cccc(N2CCN(CCC3CCC(N4CCCC4)CC3)CC2)c1.